The van der Waals surface area contributed by atoms with Gasteiger partial charge in [-0.25, -0.2) is 9.59 Å². The van der Waals surface area contributed by atoms with E-state index in [1.54, 1.807) is 18.1 Å². The van der Waals surface area contributed by atoms with E-state index in [0.29, 0.717) is 18.5 Å². The topological polar surface area (TPSA) is 117 Å². The Morgan fingerprint density at radius 3 is 2.33 bits per heavy atom. The zero-order valence-electron chi connectivity index (χ0n) is 27.6. The van der Waals surface area contributed by atoms with Crippen molar-refractivity contribution < 1.29 is 29.0 Å². The molecule has 1 aliphatic heterocycles. The van der Waals surface area contributed by atoms with Gasteiger partial charge in [0.15, 0.2) is 0 Å². The summed E-state index contributed by atoms with van der Waals surface area (Å²) < 4.78 is 12.0. The number of carboxylic acid groups (broad SMARTS) is 1. The largest absolute Gasteiger partial charge is 0.479 e. The van der Waals surface area contributed by atoms with Crippen molar-refractivity contribution in [3.63, 3.8) is 0 Å². The van der Waals surface area contributed by atoms with Crippen molar-refractivity contribution in [3.8, 4) is 0 Å². The lowest BCUT2D eigenvalue weighted by atomic mass is 9.82. The van der Waals surface area contributed by atoms with Gasteiger partial charge in [-0.15, -0.1) is 6.58 Å². The minimum Gasteiger partial charge on any atom is -0.479 e. The molecule has 3 aliphatic carbocycles. The van der Waals surface area contributed by atoms with Crippen molar-refractivity contribution in [2.24, 2.45) is 11.3 Å². The zero-order valence-corrected chi connectivity index (χ0v) is 27.6. The second kappa shape index (κ2) is 13.1. The lowest BCUT2D eigenvalue weighted by molar-refractivity contribution is -0.140. The molecule has 46 heavy (non-hydrogen) atoms. The number of likely N-dealkylation sites (tertiary alicyclic amines) is 1. The molecule has 2 saturated carbocycles. The number of carbonyl (C=O) groups excluding carboxylic acids is 2. The first kappa shape index (κ1) is 33.5. The smallest absolute Gasteiger partial charge is 0.408 e. The van der Waals surface area contributed by atoms with Gasteiger partial charge < -0.3 is 30.1 Å². The van der Waals surface area contributed by atoms with Crippen molar-refractivity contribution in [2.45, 2.75) is 101 Å². The molecule has 4 aliphatic rings. The number of carbonyl (C=O) groups is 3. The average Bonchev–Trinajstić information content (AvgIpc) is 3.33. The van der Waals surface area contributed by atoms with E-state index >= 15 is 0 Å². The Balaban J connectivity index is 1.46. The van der Waals surface area contributed by atoms with Crippen LogP contribution in [-0.4, -0.2) is 71.0 Å². The molecular weight excluding hydrogens is 582 g/mol. The van der Waals surface area contributed by atoms with E-state index in [2.05, 4.69) is 48.1 Å². The van der Waals surface area contributed by atoms with E-state index in [1.165, 1.54) is 11.1 Å². The average molecular weight is 632 g/mol. The van der Waals surface area contributed by atoms with Crippen molar-refractivity contribution >= 4 is 23.5 Å². The van der Waals surface area contributed by atoms with E-state index in [1.807, 2.05) is 39.0 Å². The number of alkyl carbamates (subject to hydrolysis) is 1. The monoisotopic (exact) mass is 631 g/mol. The van der Waals surface area contributed by atoms with Crippen molar-refractivity contribution in [2.75, 3.05) is 13.7 Å². The Hall–Kier alpha value is -3.85. The number of hydrogen-bond donors (Lipinski definition) is 3. The van der Waals surface area contributed by atoms with Gasteiger partial charge in [-0.05, 0) is 67.1 Å². The number of nitrogens with zero attached hydrogens (tertiary/aromatic N) is 1. The van der Waals surface area contributed by atoms with Gasteiger partial charge >= 0.3 is 12.1 Å². The second-order valence-corrected chi connectivity index (χ2v) is 14.4. The Morgan fingerprint density at radius 1 is 1.09 bits per heavy atom. The number of rotatable bonds is 11. The third kappa shape index (κ3) is 6.66. The zero-order chi connectivity index (χ0) is 33.3. The van der Waals surface area contributed by atoms with Crippen LogP contribution in [-0.2, 0) is 19.1 Å². The number of methoxy groups -OCH3 is 1. The summed E-state index contributed by atoms with van der Waals surface area (Å²) in [6.45, 7) is 14.0. The van der Waals surface area contributed by atoms with E-state index < -0.39 is 40.7 Å². The number of ether oxygens (including phenoxy) is 2. The number of benzene rings is 1. The molecule has 9 nitrogen and oxygen atoms in total. The van der Waals surface area contributed by atoms with Crippen molar-refractivity contribution in [3.05, 3.63) is 78.6 Å². The van der Waals surface area contributed by atoms with Gasteiger partial charge in [-0.2, -0.15) is 0 Å². The second-order valence-electron chi connectivity index (χ2n) is 14.4. The third-order valence-corrected chi connectivity index (χ3v) is 10.3. The fourth-order valence-electron chi connectivity index (χ4n) is 7.35. The Morgan fingerprint density at radius 2 is 1.78 bits per heavy atom. The third-order valence-electron chi connectivity index (χ3n) is 10.3. The van der Waals surface area contributed by atoms with Gasteiger partial charge in [0, 0.05) is 25.1 Å². The van der Waals surface area contributed by atoms with Crippen molar-refractivity contribution in [1.82, 2.24) is 15.5 Å². The molecule has 1 aromatic carbocycles. The molecule has 0 radical (unpaired) electrons. The lowest BCUT2D eigenvalue weighted by Gasteiger charge is -2.37. The molecule has 1 unspecified atom stereocenters. The standard InChI is InChI=1S/C37H49N3O6/c1-7-27-21-37(27,33(42)43)39-24(2)30-22-36(45-6,28-19-17-26(18-20-28)25-13-9-8-10-14-25)23-40(30)32(41)31(35(3,4)5)38-34(44)46-29-15-11-12-16-29/h7-10,13-14,17,19,27,29-31,39H,1-2,11-12,15-16,18,20-23H2,3-6H3,(H,38,44)(H,42,43)/t27?,30-,31+,36-,37+/m0/s1. The molecule has 2 amide bonds. The van der Waals surface area contributed by atoms with Gasteiger partial charge in [-0.3, -0.25) is 4.79 Å². The highest BCUT2D eigenvalue weighted by Gasteiger charge is 2.61. The maximum atomic E-state index is 14.6. The molecule has 0 bridgehead atoms. The van der Waals surface area contributed by atoms with Crippen LogP contribution in [0.15, 0.2) is 73.0 Å². The fourth-order valence-corrected chi connectivity index (χ4v) is 7.35. The molecule has 248 valence electrons. The summed E-state index contributed by atoms with van der Waals surface area (Å²) in [7, 11) is 1.66. The van der Waals surface area contributed by atoms with Gasteiger partial charge in [-0.1, -0.05) is 75.9 Å². The highest BCUT2D eigenvalue weighted by molar-refractivity contribution is 5.88. The van der Waals surface area contributed by atoms with E-state index in [0.717, 1.165) is 44.1 Å². The molecule has 0 spiro atoms. The molecule has 0 aromatic heterocycles. The minimum atomic E-state index is -1.21. The van der Waals surface area contributed by atoms with Crippen LogP contribution in [0.25, 0.3) is 5.57 Å². The first-order chi connectivity index (χ1) is 21.8. The summed E-state index contributed by atoms with van der Waals surface area (Å²) in [6, 6.07) is 8.77. The highest BCUT2D eigenvalue weighted by Crippen LogP contribution is 2.48. The Labute approximate surface area is 272 Å². The number of hydrogen-bond acceptors (Lipinski definition) is 6. The van der Waals surface area contributed by atoms with Crippen LogP contribution in [0.4, 0.5) is 4.79 Å². The van der Waals surface area contributed by atoms with Crippen LogP contribution in [0, 0.1) is 11.3 Å². The van der Waals surface area contributed by atoms with Crippen LogP contribution in [0.3, 0.4) is 0 Å². The summed E-state index contributed by atoms with van der Waals surface area (Å²) >= 11 is 0. The molecule has 9 heteroatoms. The quantitative estimate of drug-likeness (QED) is 0.257. The number of aliphatic carboxylic acids is 1. The van der Waals surface area contributed by atoms with Gasteiger partial charge in [0.05, 0.1) is 12.6 Å². The summed E-state index contributed by atoms with van der Waals surface area (Å²) in [5, 5.41) is 16.2. The van der Waals surface area contributed by atoms with Crippen LogP contribution in [0.2, 0.25) is 0 Å². The van der Waals surface area contributed by atoms with Gasteiger partial charge in [0.1, 0.15) is 23.3 Å². The van der Waals surface area contributed by atoms with Crippen LogP contribution in [0.1, 0.15) is 77.7 Å². The Bertz CT molecular complexity index is 1420. The summed E-state index contributed by atoms with van der Waals surface area (Å²) in [6.07, 6.45) is 11.2. The van der Waals surface area contributed by atoms with Gasteiger partial charge in [0.2, 0.25) is 5.91 Å². The molecule has 1 aromatic rings. The molecule has 5 rings (SSSR count). The molecule has 3 fully saturated rings. The summed E-state index contributed by atoms with van der Waals surface area (Å²) in [5.74, 6) is -1.53. The van der Waals surface area contributed by atoms with Gasteiger partial charge in [0.25, 0.3) is 0 Å². The maximum Gasteiger partial charge on any atom is 0.408 e. The van der Waals surface area contributed by atoms with E-state index in [4.69, 9.17) is 9.47 Å². The predicted octanol–water partition coefficient (Wildman–Crippen LogP) is 5.99. The maximum absolute atomic E-state index is 14.6. The lowest BCUT2D eigenvalue weighted by Crippen LogP contribution is -2.57. The molecule has 3 N–H and O–H groups in total. The fraction of sp³-hybridized carbons (Fsp3) is 0.541. The highest BCUT2D eigenvalue weighted by atomic mass is 16.6. The number of amides is 2. The molecule has 1 saturated heterocycles. The number of allylic oxidation sites excluding steroid dienone is 3. The minimum absolute atomic E-state index is 0.143. The van der Waals surface area contributed by atoms with Crippen LogP contribution in [0.5, 0.6) is 0 Å². The van der Waals surface area contributed by atoms with E-state index in [9.17, 15) is 19.5 Å². The van der Waals surface area contributed by atoms with Crippen molar-refractivity contribution in [1.29, 1.82) is 0 Å². The first-order valence-electron chi connectivity index (χ1n) is 16.4. The van der Waals surface area contributed by atoms with E-state index in [-0.39, 0.29) is 24.5 Å². The molecule has 1 heterocycles. The first-order valence-corrected chi connectivity index (χ1v) is 16.4. The normalized spacial score (nSPS) is 28.5. The SMILES string of the molecule is C=CC1C[C@]1(NC(=C)[C@@H]1C[C@@](OC)(C2=CC=C(c3ccccc3)CC2)CN1C(=O)[C@@H](NC(=O)OC1CCCC1)C(C)(C)C)C(=O)O. The van der Waals surface area contributed by atoms with Crippen LogP contribution >= 0.6 is 0 Å². The predicted molar refractivity (Wildman–Crippen MR) is 178 cm³/mol. The molecular formula is C37H49N3O6. The number of nitrogens with one attached hydrogen (secondary N) is 2. The summed E-state index contributed by atoms with van der Waals surface area (Å²) in [5.41, 5.74) is 1.21. The Kier molecular flexibility index (Phi) is 9.55. The molecule has 5 atom stereocenters. The van der Waals surface area contributed by atoms with Crippen LogP contribution < -0.4 is 10.6 Å². The number of carboxylic acids is 1. The summed E-state index contributed by atoms with van der Waals surface area (Å²) in [4.78, 5) is 41.7.